The maximum atomic E-state index is 13.2. The zero-order chi connectivity index (χ0) is 26.9. The molecule has 10 heteroatoms. The number of amides is 3. The van der Waals surface area contributed by atoms with Crippen molar-refractivity contribution in [2.45, 2.75) is 11.8 Å². The minimum absolute atomic E-state index is 0.101. The number of carbonyl (C=O) groups excluding carboxylic acids is 3. The molecule has 7 nitrogen and oxygen atoms in total. The highest BCUT2D eigenvalue weighted by molar-refractivity contribution is 9.10. The first-order chi connectivity index (χ1) is 18.4. The molecule has 0 spiro atoms. The summed E-state index contributed by atoms with van der Waals surface area (Å²) in [7, 11) is 0. The van der Waals surface area contributed by atoms with Gasteiger partial charge >= 0.3 is 0 Å². The molecule has 0 aliphatic rings. The molecule has 0 saturated heterocycles. The molecule has 1 aromatic heterocycles. The van der Waals surface area contributed by atoms with Crippen molar-refractivity contribution in [2.24, 2.45) is 0 Å². The second-order valence-corrected chi connectivity index (χ2v) is 10.9. The molecule has 0 unspecified atom stereocenters. The van der Waals surface area contributed by atoms with Crippen molar-refractivity contribution in [3.63, 3.8) is 0 Å². The molecule has 4 rings (SSSR count). The standard InChI is InChI=1S/C28H23BrN4O3S2/c1-18-16-38-28(30-18)33-25(34)17-37-23-12-10-22(11-13-23)31-27(36)24(15-19-6-5-9-21(29)14-19)32-26(35)20-7-3-2-4-8-20/h2-16H,17H2,1H3,(H,31,36)(H,32,35)(H,30,33,34)/b24-15-. The number of rotatable bonds is 9. The van der Waals surface area contributed by atoms with Gasteiger partial charge in [-0.2, -0.15) is 0 Å². The van der Waals surface area contributed by atoms with Crippen LogP contribution in [0.15, 0.2) is 99.3 Å². The van der Waals surface area contributed by atoms with E-state index < -0.39 is 5.91 Å². The van der Waals surface area contributed by atoms with E-state index in [1.54, 1.807) is 42.5 Å². The molecule has 1 heterocycles. The summed E-state index contributed by atoms with van der Waals surface area (Å²) in [5, 5.41) is 10.8. The Bertz CT molecular complexity index is 1470. The molecule has 0 saturated carbocycles. The van der Waals surface area contributed by atoms with Crippen LogP contribution in [-0.4, -0.2) is 28.5 Å². The largest absolute Gasteiger partial charge is 0.321 e. The van der Waals surface area contributed by atoms with Gasteiger partial charge in [0.05, 0.1) is 11.4 Å². The van der Waals surface area contributed by atoms with Crippen molar-refractivity contribution in [3.8, 4) is 0 Å². The molecule has 3 N–H and O–H groups in total. The van der Waals surface area contributed by atoms with Crippen LogP contribution in [0.2, 0.25) is 0 Å². The monoisotopic (exact) mass is 606 g/mol. The van der Waals surface area contributed by atoms with E-state index in [1.807, 2.05) is 54.8 Å². The third-order valence-electron chi connectivity index (χ3n) is 5.04. The van der Waals surface area contributed by atoms with E-state index >= 15 is 0 Å². The molecule has 192 valence electrons. The van der Waals surface area contributed by atoms with Gasteiger partial charge in [-0.25, -0.2) is 4.98 Å². The molecule has 0 fully saturated rings. The van der Waals surface area contributed by atoms with Gasteiger partial charge in [0, 0.05) is 26.0 Å². The average Bonchev–Trinajstić information content (AvgIpc) is 3.32. The molecule has 3 amide bonds. The van der Waals surface area contributed by atoms with Crippen LogP contribution in [0, 0.1) is 6.92 Å². The Morgan fingerprint density at radius 2 is 1.74 bits per heavy atom. The van der Waals surface area contributed by atoms with Gasteiger partial charge < -0.3 is 16.0 Å². The summed E-state index contributed by atoms with van der Waals surface area (Å²) in [6.07, 6.45) is 1.62. The van der Waals surface area contributed by atoms with E-state index in [1.165, 1.54) is 23.1 Å². The van der Waals surface area contributed by atoms with Crippen LogP contribution >= 0.6 is 39.0 Å². The SMILES string of the molecule is Cc1csc(NC(=O)CSc2ccc(NC(=O)/C(=C/c3cccc(Br)c3)NC(=O)c3ccccc3)cc2)n1. The summed E-state index contributed by atoms with van der Waals surface area (Å²) in [5.41, 5.74) is 2.71. The fourth-order valence-electron chi connectivity index (χ4n) is 3.25. The van der Waals surface area contributed by atoms with Crippen molar-refractivity contribution < 1.29 is 14.4 Å². The summed E-state index contributed by atoms with van der Waals surface area (Å²) in [5.74, 6) is -0.763. The second kappa shape index (κ2) is 13.2. The Kier molecular flexibility index (Phi) is 9.47. The zero-order valence-electron chi connectivity index (χ0n) is 20.2. The lowest BCUT2D eigenvalue weighted by Gasteiger charge is -2.12. The number of benzene rings is 3. The van der Waals surface area contributed by atoms with E-state index in [2.05, 4.69) is 36.9 Å². The molecular formula is C28H23BrN4O3S2. The number of halogens is 1. The quantitative estimate of drug-likeness (QED) is 0.152. The first-order valence-corrected chi connectivity index (χ1v) is 14.1. The van der Waals surface area contributed by atoms with E-state index in [4.69, 9.17) is 0 Å². The van der Waals surface area contributed by atoms with E-state index in [0.717, 1.165) is 20.6 Å². The minimum Gasteiger partial charge on any atom is -0.321 e. The Labute approximate surface area is 236 Å². The molecule has 38 heavy (non-hydrogen) atoms. The van der Waals surface area contributed by atoms with Crippen LogP contribution in [0.25, 0.3) is 6.08 Å². The Balaban J connectivity index is 1.41. The van der Waals surface area contributed by atoms with Gasteiger partial charge in [-0.05, 0) is 67.1 Å². The van der Waals surface area contributed by atoms with Gasteiger partial charge in [-0.3, -0.25) is 14.4 Å². The van der Waals surface area contributed by atoms with Gasteiger partial charge in [0.25, 0.3) is 11.8 Å². The number of aryl methyl sites for hydroxylation is 1. The number of anilines is 2. The van der Waals surface area contributed by atoms with E-state index in [-0.39, 0.29) is 23.3 Å². The van der Waals surface area contributed by atoms with Crippen LogP contribution in [0.4, 0.5) is 10.8 Å². The Morgan fingerprint density at radius 1 is 0.974 bits per heavy atom. The lowest BCUT2D eigenvalue weighted by atomic mass is 10.1. The number of nitrogens with zero attached hydrogens (tertiary/aromatic N) is 1. The molecule has 4 aromatic rings. The number of hydrogen-bond acceptors (Lipinski definition) is 6. The van der Waals surface area contributed by atoms with Crippen LogP contribution < -0.4 is 16.0 Å². The number of thiazole rings is 1. The highest BCUT2D eigenvalue weighted by Crippen LogP contribution is 2.22. The summed E-state index contributed by atoms with van der Waals surface area (Å²) >= 11 is 6.19. The molecule has 0 atom stereocenters. The Morgan fingerprint density at radius 3 is 2.42 bits per heavy atom. The predicted octanol–water partition coefficient (Wildman–Crippen LogP) is 6.35. The van der Waals surface area contributed by atoms with Gasteiger partial charge in [0.15, 0.2) is 5.13 Å². The van der Waals surface area contributed by atoms with E-state index in [0.29, 0.717) is 16.4 Å². The van der Waals surface area contributed by atoms with Gasteiger partial charge in [0.1, 0.15) is 5.70 Å². The van der Waals surface area contributed by atoms with Crippen LogP contribution in [0.3, 0.4) is 0 Å². The lowest BCUT2D eigenvalue weighted by Crippen LogP contribution is -2.30. The first-order valence-electron chi connectivity index (χ1n) is 11.5. The van der Waals surface area contributed by atoms with Crippen molar-refractivity contribution in [1.82, 2.24) is 10.3 Å². The number of thioether (sulfide) groups is 1. The third kappa shape index (κ3) is 8.14. The minimum atomic E-state index is -0.465. The first kappa shape index (κ1) is 27.3. The second-order valence-electron chi connectivity index (χ2n) is 8.04. The molecule has 0 aliphatic heterocycles. The molecular weight excluding hydrogens is 584 g/mol. The third-order valence-corrected chi connectivity index (χ3v) is 7.42. The maximum absolute atomic E-state index is 13.2. The van der Waals surface area contributed by atoms with Crippen molar-refractivity contribution in [2.75, 3.05) is 16.4 Å². The Hall–Kier alpha value is -3.73. The number of hydrogen-bond donors (Lipinski definition) is 3. The highest BCUT2D eigenvalue weighted by atomic mass is 79.9. The fraction of sp³-hybridized carbons (Fsp3) is 0.0714. The van der Waals surface area contributed by atoms with Gasteiger partial charge in [0.2, 0.25) is 5.91 Å². The number of aromatic nitrogens is 1. The summed E-state index contributed by atoms with van der Waals surface area (Å²) < 4.78 is 0.851. The van der Waals surface area contributed by atoms with Crippen molar-refractivity contribution >= 4 is 73.6 Å². The molecule has 0 radical (unpaired) electrons. The smallest absolute Gasteiger partial charge is 0.272 e. The summed E-state index contributed by atoms with van der Waals surface area (Å²) in [4.78, 5) is 43.2. The van der Waals surface area contributed by atoms with Gasteiger partial charge in [-0.1, -0.05) is 46.3 Å². The normalized spacial score (nSPS) is 11.1. The number of carbonyl (C=O) groups is 3. The van der Waals surface area contributed by atoms with Gasteiger partial charge in [-0.15, -0.1) is 23.1 Å². The zero-order valence-corrected chi connectivity index (χ0v) is 23.5. The molecule has 0 bridgehead atoms. The fourth-order valence-corrected chi connectivity index (χ4v) is 5.07. The van der Waals surface area contributed by atoms with Crippen LogP contribution in [0.1, 0.15) is 21.6 Å². The molecule has 0 aliphatic carbocycles. The summed E-state index contributed by atoms with van der Waals surface area (Å²) in [6.45, 7) is 1.87. The van der Waals surface area contributed by atoms with E-state index in [9.17, 15) is 14.4 Å². The van der Waals surface area contributed by atoms with Crippen molar-refractivity contribution in [1.29, 1.82) is 0 Å². The molecule has 3 aromatic carbocycles. The van der Waals surface area contributed by atoms with Crippen LogP contribution in [0.5, 0.6) is 0 Å². The van der Waals surface area contributed by atoms with Crippen molar-refractivity contribution in [3.05, 3.63) is 111 Å². The van der Waals surface area contributed by atoms with Crippen LogP contribution in [-0.2, 0) is 9.59 Å². The maximum Gasteiger partial charge on any atom is 0.272 e. The number of nitrogens with one attached hydrogen (secondary N) is 3. The highest BCUT2D eigenvalue weighted by Gasteiger charge is 2.15. The average molecular weight is 608 g/mol. The summed E-state index contributed by atoms with van der Waals surface area (Å²) in [6, 6.07) is 23.2. The predicted molar refractivity (Wildman–Crippen MR) is 157 cm³/mol. The topological polar surface area (TPSA) is 100 Å². The lowest BCUT2D eigenvalue weighted by molar-refractivity contribution is -0.114.